The van der Waals surface area contributed by atoms with E-state index in [1.165, 1.54) is 5.56 Å². The SMILES string of the molecule is CC(Cc1ccccc1Br)NC(=O)C1CCCNC1.Cl. The highest BCUT2D eigenvalue weighted by Crippen LogP contribution is 2.18. The van der Waals surface area contributed by atoms with Crippen LogP contribution in [0.5, 0.6) is 0 Å². The molecule has 2 N–H and O–H groups in total. The molecular weight excluding hydrogens is 340 g/mol. The van der Waals surface area contributed by atoms with E-state index < -0.39 is 0 Å². The first-order valence-corrected chi connectivity index (χ1v) is 7.70. The van der Waals surface area contributed by atoms with Gasteiger partial charge >= 0.3 is 0 Å². The molecule has 1 aliphatic heterocycles. The molecule has 1 heterocycles. The first kappa shape index (κ1) is 17.5. The van der Waals surface area contributed by atoms with E-state index in [1.54, 1.807) is 0 Å². The Labute approximate surface area is 135 Å². The van der Waals surface area contributed by atoms with Crippen molar-refractivity contribution in [3.05, 3.63) is 34.3 Å². The number of nitrogens with one attached hydrogen (secondary N) is 2. The van der Waals surface area contributed by atoms with Crippen LogP contribution in [-0.2, 0) is 11.2 Å². The Morgan fingerprint density at radius 2 is 2.25 bits per heavy atom. The van der Waals surface area contributed by atoms with Crippen molar-refractivity contribution in [2.75, 3.05) is 13.1 Å². The Hall–Kier alpha value is -0.580. The fraction of sp³-hybridized carbons (Fsp3) is 0.533. The zero-order valence-corrected chi connectivity index (χ0v) is 14.1. The van der Waals surface area contributed by atoms with Gasteiger partial charge in [0.05, 0.1) is 5.92 Å². The number of hydrogen-bond donors (Lipinski definition) is 2. The second kappa shape index (κ2) is 8.65. The van der Waals surface area contributed by atoms with Gasteiger partial charge in [0.25, 0.3) is 0 Å². The normalized spacial score (nSPS) is 19.8. The summed E-state index contributed by atoms with van der Waals surface area (Å²) in [7, 11) is 0. The molecule has 3 nitrogen and oxygen atoms in total. The molecule has 1 aromatic rings. The van der Waals surface area contributed by atoms with Gasteiger partial charge in [0.2, 0.25) is 5.91 Å². The minimum Gasteiger partial charge on any atom is -0.353 e. The lowest BCUT2D eigenvalue weighted by Gasteiger charge is -2.24. The Morgan fingerprint density at radius 1 is 1.50 bits per heavy atom. The number of halogens is 2. The third kappa shape index (κ3) is 5.08. The maximum absolute atomic E-state index is 12.1. The van der Waals surface area contributed by atoms with Gasteiger partial charge in [-0.25, -0.2) is 0 Å². The molecule has 5 heteroatoms. The number of hydrogen-bond acceptors (Lipinski definition) is 2. The predicted molar refractivity (Wildman–Crippen MR) is 88.3 cm³/mol. The van der Waals surface area contributed by atoms with E-state index in [-0.39, 0.29) is 30.3 Å². The molecule has 0 saturated carbocycles. The summed E-state index contributed by atoms with van der Waals surface area (Å²) in [5.74, 6) is 0.321. The van der Waals surface area contributed by atoms with Crippen LogP contribution in [0.3, 0.4) is 0 Å². The Kier molecular flexibility index (Phi) is 7.56. The molecule has 2 atom stereocenters. The molecule has 1 fully saturated rings. The zero-order valence-electron chi connectivity index (χ0n) is 11.7. The fourth-order valence-electron chi connectivity index (χ4n) is 2.48. The second-order valence-electron chi connectivity index (χ2n) is 5.25. The van der Waals surface area contributed by atoms with E-state index in [0.717, 1.165) is 36.8 Å². The quantitative estimate of drug-likeness (QED) is 0.866. The zero-order chi connectivity index (χ0) is 13.7. The van der Waals surface area contributed by atoms with Crippen molar-refractivity contribution in [2.45, 2.75) is 32.2 Å². The highest BCUT2D eigenvalue weighted by atomic mass is 79.9. The molecule has 1 saturated heterocycles. The van der Waals surface area contributed by atoms with Crippen molar-refractivity contribution >= 4 is 34.2 Å². The molecule has 0 radical (unpaired) electrons. The van der Waals surface area contributed by atoms with Crippen LogP contribution in [0.4, 0.5) is 0 Å². The van der Waals surface area contributed by atoms with Crippen molar-refractivity contribution < 1.29 is 4.79 Å². The van der Waals surface area contributed by atoms with Gasteiger partial charge in [-0.05, 0) is 44.4 Å². The maximum atomic E-state index is 12.1. The second-order valence-corrected chi connectivity index (χ2v) is 6.10. The van der Waals surface area contributed by atoms with Gasteiger partial charge in [0.15, 0.2) is 0 Å². The molecule has 1 amide bonds. The first-order valence-electron chi connectivity index (χ1n) is 6.91. The van der Waals surface area contributed by atoms with Crippen LogP contribution in [0.1, 0.15) is 25.3 Å². The Bertz CT molecular complexity index is 436. The van der Waals surface area contributed by atoms with Crippen molar-refractivity contribution in [1.82, 2.24) is 10.6 Å². The van der Waals surface area contributed by atoms with Gasteiger partial charge < -0.3 is 10.6 Å². The summed E-state index contributed by atoms with van der Waals surface area (Å²) in [6.45, 7) is 3.91. The lowest BCUT2D eigenvalue weighted by Crippen LogP contribution is -2.44. The first-order chi connectivity index (χ1) is 9.16. The fourth-order valence-corrected chi connectivity index (χ4v) is 2.93. The van der Waals surface area contributed by atoms with Crippen LogP contribution < -0.4 is 10.6 Å². The summed E-state index contributed by atoms with van der Waals surface area (Å²) in [6.07, 6.45) is 2.95. The topological polar surface area (TPSA) is 41.1 Å². The predicted octanol–water partition coefficient (Wildman–Crippen LogP) is 2.92. The molecule has 0 bridgehead atoms. The number of rotatable bonds is 4. The number of benzene rings is 1. The Morgan fingerprint density at radius 3 is 2.90 bits per heavy atom. The molecule has 1 aliphatic rings. The number of carbonyl (C=O) groups is 1. The highest BCUT2D eigenvalue weighted by molar-refractivity contribution is 9.10. The van der Waals surface area contributed by atoms with Gasteiger partial charge in [0, 0.05) is 17.1 Å². The van der Waals surface area contributed by atoms with Crippen LogP contribution in [0, 0.1) is 5.92 Å². The summed E-state index contributed by atoms with van der Waals surface area (Å²) in [6, 6.07) is 8.32. The van der Waals surface area contributed by atoms with E-state index in [2.05, 4.69) is 39.6 Å². The standard InChI is InChI=1S/C15H21BrN2O.ClH/c1-11(9-12-5-2-3-7-14(12)16)18-15(19)13-6-4-8-17-10-13;/h2-3,5,7,11,13,17H,4,6,8-10H2,1H3,(H,18,19);1H. The van der Waals surface area contributed by atoms with Gasteiger partial charge in [-0.1, -0.05) is 34.1 Å². The molecular formula is C15H22BrClN2O. The molecule has 2 rings (SSSR count). The van der Waals surface area contributed by atoms with Crippen molar-refractivity contribution in [3.8, 4) is 0 Å². The van der Waals surface area contributed by atoms with Gasteiger partial charge in [-0.15, -0.1) is 12.4 Å². The maximum Gasteiger partial charge on any atom is 0.224 e. The van der Waals surface area contributed by atoms with Gasteiger partial charge in [-0.2, -0.15) is 0 Å². The van der Waals surface area contributed by atoms with Crippen molar-refractivity contribution in [2.24, 2.45) is 5.92 Å². The van der Waals surface area contributed by atoms with Crippen LogP contribution in [-0.4, -0.2) is 25.0 Å². The number of piperidine rings is 1. The third-order valence-electron chi connectivity index (χ3n) is 3.54. The van der Waals surface area contributed by atoms with Gasteiger partial charge in [0.1, 0.15) is 0 Å². The summed E-state index contributed by atoms with van der Waals surface area (Å²) in [4.78, 5) is 12.1. The molecule has 0 spiro atoms. The van der Waals surface area contributed by atoms with Crippen LogP contribution in [0.15, 0.2) is 28.7 Å². The van der Waals surface area contributed by atoms with E-state index in [4.69, 9.17) is 0 Å². The summed E-state index contributed by atoms with van der Waals surface area (Å²) < 4.78 is 1.11. The van der Waals surface area contributed by atoms with E-state index >= 15 is 0 Å². The lowest BCUT2D eigenvalue weighted by molar-refractivity contribution is -0.126. The van der Waals surface area contributed by atoms with Crippen molar-refractivity contribution in [1.29, 1.82) is 0 Å². The smallest absolute Gasteiger partial charge is 0.224 e. The lowest BCUT2D eigenvalue weighted by atomic mass is 9.98. The summed E-state index contributed by atoms with van der Waals surface area (Å²) in [5, 5.41) is 6.40. The average Bonchev–Trinajstić information content (AvgIpc) is 2.42. The van der Waals surface area contributed by atoms with Crippen LogP contribution in [0.25, 0.3) is 0 Å². The summed E-state index contributed by atoms with van der Waals surface area (Å²) in [5.41, 5.74) is 1.23. The minimum absolute atomic E-state index is 0. The highest BCUT2D eigenvalue weighted by Gasteiger charge is 2.22. The van der Waals surface area contributed by atoms with Crippen LogP contribution >= 0.6 is 28.3 Å². The van der Waals surface area contributed by atoms with Crippen LogP contribution in [0.2, 0.25) is 0 Å². The van der Waals surface area contributed by atoms with Gasteiger partial charge in [-0.3, -0.25) is 4.79 Å². The molecule has 0 aliphatic carbocycles. The van der Waals surface area contributed by atoms with Crippen molar-refractivity contribution in [3.63, 3.8) is 0 Å². The Balaban J connectivity index is 0.00000200. The monoisotopic (exact) mass is 360 g/mol. The number of amides is 1. The molecule has 20 heavy (non-hydrogen) atoms. The van der Waals surface area contributed by atoms with E-state index in [9.17, 15) is 4.79 Å². The molecule has 112 valence electrons. The summed E-state index contributed by atoms with van der Waals surface area (Å²) >= 11 is 3.54. The van der Waals surface area contributed by atoms with E-state index in [0.29, 0.717) is 0 Å². The number of carbonyl (C=O) groups excluding carboxylic acids is 1. The third-order valence-corrected chi connectivity index (χ3v) is 4.31. The van der Waals surface area contributed by atoms with E-state index in [1.807, 2.05) is 18.2 Å². The largest absolute Gasteiger partial charge is 0.353 e. The molecule has 1 aromatic carbocycles. The molecule has 2 unspecified atom stereocenters. The minimum atomic E-state index is 0. The molecule has 0 aromatic heterocycles. The average molecular weight is 362 g/mol.